The van der Waals surface area contributed by atoms with Gasteiger partial charge in [-0.3, -0.25) is 9.97 Å². The van der Waals surface area contributed by atoms with Crippen molar-refractivity contribution in [3.8, 4) is 11.3 Å². The van der Waals surface area contributed by atoms with E-state index in [2.05, 4.69) is 15.0 Å². The molecule has 4 rings (SSSR count). The monoisotopic (exact) mass is 549 g/mol. The quantitative estimate of drug-likeness (QED) is 0.140. The lowest BCUT2D eigenvalue weighted by atomic mass is 10.1. The van der Waals surface area contributed by atoms with Crippen molar-refractivity contribution in [2.75, 3.05) is 26.0 Å². The van der Waals surface area contributed by atoms with E-state index in [1.807, 2.05) is 25.1 Å². The van der Waals surface area contributed by atoms with Gasteiger partial charge in [0.05, 0.1) is 35.7 Å². The predicted molar refractivity (Wildman–Crippen MR) is 143 cm³/mol. The Labute approximate surface area is 222 Å². The number of rotatable bonds is 11. The number of halogens is 1. The Hall–Kier alpha value is -2.45. The third-order valence-corrected chi connectivity index (χ3v) is 7.57. The second kappa shape index (κ2) is 12.2. The van der Waals surface area contributed by atoms with Gasteiger partial charge in [0.2, 0.25) is 0 Å². The van der Waals surface area contributed by atoms with E-state index >= 15 is 0 Å². The highest BCUT2D eigenvalue weighted by molar-refractivity contribution is 8.00. The summed E-state index contributed by atoms with van der Waals surface area (Å²) in [5, 5.41) is 4.17. The molecular weight excluding hydrogens is 522 g/mol. The maximum absolute atomic E-state index is 6.45. The van der Waals surface area contributed by atoms with Crippen LogP contribution in [0, 0.1) is 0 Å². The first-order valence-electron chi connectivity index (χ1n) is 11.1. The average molecular weight is 550 g/mol. The number of hydrogen-bond acceptors (Lipinski definition) is 12. The van der Waals surface area contributed by atoms with E-state index in [4.69, 9.17) is 43.1 Å². The van der Waals surface area contributed by atoms with Gasteiger partial charge in [-0.05, 0) is 25.1 Å². The molecule has 0 aromatic carbocycles. The highest BCUT2D eigenvalue weighted by Crippen LogP contribution is 2.37. The summed E-state index contributed by atoms with van der Waals surface area (Å²) in [6.07, 6.45) is 6.12. The molecule has 192 valence electrons. The second-order valence-electron chi connectivity index (χ2n) is 8.07. The Morgan fingerprint density at radius 2 is 2.28 bits per heavy atom. The van der Waals surface area contributed by atoms with Crippen LogP contribution >= 0.6 is 34.7 Å². The van der Waals surface area contributed by atoms with Gasteiger partial charge in [0.15, 0.2) is 5.13 Å². The van der Waals surface area contributed by atoms with Gasteiger partial charge in [0.25, 0.3) is 0 Å². The molecule has 1 aliphatic heterocycles. The molecule has 10 nitrogen and oxygen atoms in total. The smallest absolute Gasteiger partial charge is 0.180 e. The first-order valence-corrected chi connectivity index (χ1v) is 13.2. The zero-order valence-electron chi connectivity index (χ0n) is 19.8. The zero-order chi connectivity index (χ0) is 25.7. The van der Waals surface area contributed by atoms with Crippen LogP contribution < -0.4 is 17.3 Å². The molecule has 4 atom stereocenters. The van der Waals surface area contributed by atoms with Crippen molar-refractivity contribution in [2.24, 2.45) is 11.6 Å². The minimum Gasteiger partial charge on any atom is -0.396 e. The third kappa shape index (κ3) is 6.65. The van der Waals surface area contributed by atoms with Gasteiger partial charge in [-0.15, -0.1) is 11.3 Å². The first kappa shape index (κ1) is 26.6. The van der Waals surface area contributed by atoms with Gasteiger partial charge < -0.3 is 30.7 Å². The highest BCUT2D eigenvalue weighted by Gasteiger charge is 2.36. The molecule has 0 spiro atoms. The number of pyridine rings is 2. The molecule has 4 heterocycles. The van der Waals surface area contributed by atoms with Crippen LogP contribution in [0.2, 0.25) is 5.02 Å². The Kier molecular flexibility index (Phi) is 9.01. The van der Waals surface area contributed by atoms with Crippen LogP contribution in [0.1, 0.15) is 12.6 Å². The summed E-state index contributed by atoms with van der Waals surface area (Å²) in [6, 6.07) is 5.66. The van der Waals surface area contributed by atoms with Crippen LogP contribution in [0.4, 0.5) is 5.13 Å². The van der Waals surface area contributed by atoms with Gasteiger partial charge in [-0.2, -0.15) is 0 Å². The molecule has 1 aliphatic rings. The molecule has 3 aromatic heterocycles. The summed E-state index contributed by atoms with van der Waals surface area (Å²) < 4.78 is 17.8. The number of methoxy groups -OCH3 is 1. The number of nitrogens with two attached hydrogens (primary N) is 3. The summed E-state index contributed by atoms with van der Waals surface area (Å²) in [4.78, 5) is 13.8. The number of anilines is 1. The minimum absolute atomic E-state index is 0.0273. The van der Waals surface area contributed by atoms with E-state index in [0.29, 0.717) is 28.2 Å². The van der Waals surface area contributed by atoms with Crippen molar-refractivity contribution < 1.29 is 14.2 Å². The number of nitrogen functional groups attached to an aromatic ring is 1. The summed E-state index contributed by atoms with van der Waals surface area (Å²) in [6.45, 7) is 2.76. The van der Waals surface area contributed by atoms with E-state index in [-0.39, 0.29) is 18.8 Å². The summed E-state index contributed by atoms with van der Waals surface area (Å²) in [5.41, 5.74) is 14.0. The van der Waals surface area contributed by atoms with E-state index in [1.54, 1.807) is 37.3 Å². The molecule has 0 amide bonds. The van der Waals surface area contributed by atoms with Gasteiger partial charge in [-0.25, -0.2) is 10.8 Å². The largest absolute Gasteiger partial charge is 0.396 e. The van der Waals surface area contributed by atoms with Gasteiger partial charge in [0.1, 0.15) is 23.3 Å². The number of ether oxygens (including phenoxy) is 3. The Morgan fingerprint density at radius 1 is 1.44 bits per heavy atom. The lowest BCUT2D eigenvalue weighted by Crippen LogP contribution is -2.50. The fraction of sp³-hybridized carbons (Fsp3) is 0.348. The molecular formula is C23H28ClN7O3S2. The maximum Gasteiger partial charge on any atom is 0.180 e. The number of nitrogens with zero attached hydrogens (tertiary/aromatic N) is 4. The van der Waals surface area contributed by atoms with Crippen molar-refractivity contribution in [3.63, 3.8) is 0 Å². The SMILES string of the molecule is CO[C@@H](CN(N)/C=C(\N)c1csc(N)n1)C(OC1COC1C)Sc1cc(Cl)cnc1-c1cccnc1. The van der Waals surface area contributed by atoms with Gasteiger partial charge in [-0.1, -0.05) is 23.4 Å². The summed E-state index contributed by atoms with van der Waals surface area (Å²) >= 11 is 9.09. The Bertz CT molecular complexity index is 1180. The molecule has 13 heteroatoms. The van der Waals surface area contributed by atoms with Crippen LogP contribution in [-0.4, -0.2) is 64.0 Å². The molecule has 3 unspecified atom stereocenters. The molecule has 0 bridgehead atoms. The Balaban J connectivity index is 1.58. The maximum atomic E-state index is 6.45. The lowest BCUT2D eigenvalue weighted by molar-refractivity contribution is -0.198. The fourth-order valence-electron chi connectivity index (χ4n) is 3.43. The number of thioether (sulfide) groups is 1. The van der Waals surface area contributed by atoms with E-state index in [9.17, 15) is 0 Å². The lowest BCUT2D eigenvalue weighted by Gasteiger charge is -2.38. The highest BCUT2D eigenvalue weighted by atomic mass is 35.5. The zero-order valence-corrected chi connectivity index (χ0v) is 22.2. The van der Waals surface area contributed by atoms with Crippen LogP contribution in [0.5, 0.6) is 0 Å². The topological polar surface area (TPSA) is 148 Å². The number of thiazole rings is 1. The summed E-state index contributed by atoms with van der Waals surface area (Å²) in [7, 11) is 1.61. The molecule has 0 aliphatic carbocycles. The van der Waals surface area contributed by atoms with Crippen molar-refractivity contribution in [1.82, 2.24) is 20.0 Å². The predicted octanol–water partition coefficient (Wildman–Crippen LogP) is 3.21. The van der Waals surface area contributed by atoms with Crippen LogP contribution in [0.3, 0.4) is 0 Å². The number of aromatic nitrogens is 3. The van der Waals surface area contributed by atoms with Gasteiger partial charge >= 0.3 is 0 Å². The third-order valence-electron chi connectivity index (χ3n) is 5.47. The first-order chi connectivity index (χ1) is 17.3. The molecule has 3 aromatic rings. The second-order valence-corrected chi connectivity index (χ2v) is 10.5. The van der Waals surface area contributed by atoms with Gasteiger partial charge in [0, 0.05) is 47.7 Å². The van der Waals surface area contributed by atoms with E-state index in [0.717, 1.165) is 16.2 Å². The molecule has 6 N–H and O–H groups in total. The Morgan fingerprint density at radius 3 is 2.89 bits per heavy atom. The van der Waals surface area contributed by atoms with Crippen molar-refractivity contribution in [1.29, 1.82) is 0 Å². The average Bonchev–Trinajstić information content (AvgIpc) is 3.31. The minimum atomic E-state index is -0.461. The van der Waals surface area contributed by atoms with Crippen LogP contribution in [0.25, 0.3) is 17.0 Å². The fourth-order valence-corrected chi connectivity index (χ4v) is 5.50. The van der Waals surface area contributed by atoms with Crippen LogP contribution in [-0.2, 0) is 14.2 Å². The number of hydrazine groups is 1. The summed E-state index contributed by atoms with van der Waals surface area (Å²) in [5.74, 6) is 6.29. The van der Waals surface area contributed by atoms with Crippen molar-refractivity contribution in [2.45, 2.75) is 35.6 Å². The van der Waals surface area contributed by atoms with Crippen molar-refractivity contribution in [3.05, 3.63) is 59.1 Å². The van der Waals surface area contributed by atoms with E-state index in [1.165, 1.54) is 28.1 Å². The normalized spacial score (nSPS) is 19.5. The van der Waals surface area contributed by atoms with E-state index < -0.39 is 11.5 Å². The van der Waals surface area contributed by atoms with Crippen molar-refractivity contribution >= 4 is 45.5 Å². The molecule has 1 fully saturated rings. The van der Waals surface area contributed by atoms with Crippen LogP contribution in [0.15, 0.2) is 53.3 Å². The standard InChI is InChI=1S/C23H28ClN7O3S2/c1-13-19(11-33-13)34-22(18(32-2)10-31(27)9-16(25)17-12-35-23(26)30-17)36-20-6-15(24)8-29-21(20)14-4-3-5-28-7-14/h3-9,12-13,18-19,22H,10-11,25,27H2,1-2H3,(H2,26,30)/b16-9-/t13?,18-,19?,22?/m0/s1. The molecule has 1 saturated heterocycles. The number of hydrogen-bond donors (Lipinski definition) is 3. The molecule has 0 saturated carbocycles. The molecule has 0 radical (unpaired) electrons. The molecule has 36 heavy (non-hydrogen) atoms.